The van der Waals surface area contributed by atoms with Crippen molar-refractivity contribution < 1.29 is 9.53 Å². The van der Waals surface area contributed by atoms with Gasteiger partial charge in [0.05, 0.1) is 0 Å². The van der Waals surface area contributed by atoms with E-state index in [4.69, 9.17) is 17.0 Å². The summed E-state index contributed by atoms with van der Waals surface area (Å²) in [6.45, 7) is 5.59. The minimum Gasteiger partial charge on any atom is -0.483 e. The van der Waals surface area contributed by atoms with Crippen molar-refractivity contribution in [1.29, 1.82) is 0 Å². The molecule has 0 radical (unpaired) electrons. The van der Waals surface area contributed by atoms with Crippen LogP contribution in [0.1, 0.15) is 17.0 Å². The number of benzene rings is 1. The molecule has 1 heterocycles. The van der Waals surface area contributed by atoms with E-state index in [1.165, 1.54) is 4.68 Å². The molecule has 0 saturated carbocycles. The van der Waals surface area contributed by atoms with E-state index in [1.54, 1.807) is 6.92 Å². The summed E-state index contributed by atoms with van der Waals surface area (Å²) >= 11 is 4.99. The van der Waals surface area contributed by atoms with Gasteiger partial charge in [0.1, 0.15) is 11.6 Å². The highest BCUT2D eigenvalue weighted by molar-refractivity contribution is 7.71. The number of aromatic nitrogens is 3. The molecule has 0 atom stereocenters. The summed E-state index contributed by atoms with van der Waals surface area (Å²) in [5.74, 6) is 0.971. The molecule has 7 heteroatoms. The highest BCUT2D eigenvalue weighted by Crippen LogP contribution is 2.18. The smallest absolute Gasteiger partial charge is 0.276 e. The van der Waals surface area contributed by atoms with Gasteiger partial charge in [-0.3, -0.25) is 15.3 Å². The van der Waals surface area contributed by atoms with Gasteiger partial charge in [-0.1, -0.05) is 17.7 Å². The van der Waals surface area contributed by atoms with Gasteiger partial charge in [0, 0.05) is 0 Å². The third-order valence-electron chi connectivity index (χ3n) is 2.77. The summed E-state index contributed by atoms with van der Waals surface area (Å²) < 4.78 is 7.23. The van der Waals surface area contributed by atoms with Gasteiger partial charge in [0.2, 0.25) is 4.77 Å². The second-order valence-electron chi connectivity index (χ2n) is 4.50. The predicted molar refractivity (Wildman–Crippen MR) is 77.9 cm³/mol. The van der Waals surface area contributed by atoms with Gasteiger partial charge in [0.25, 0.3) is 5.91 Å². The molecule has 2 aromatic rings. The molecular formula is C13H16N4O2S. The summed E-state index contributed by atoms with van der Waals surface area (Å²) in [6, 6.07) is 5.80. The zero-order valence-corrected chi connectivity index (χ0v) is 12.4. The Morgan fingerprint density at radius 2 is 2.20 bits per heavy atom. The van der Waals surface area contributed by atoms with E-state index in [1.807, 2.05) is 32.0 Å². The number of carbonyl (C=O) groups excluding carboxylic acids is 1. The monoisotopic (exact) mass is 292 g/mol. The van der Waals surface area contributed by atoms with Gasteiger partial charge in [-0.25, -0.2) is 4.68 Å². The SMILES string of the molecule is Cc1ccc(OCC(=O)Nn2c(C)n[nH]c2=S)c(C)c1. The van der Waals surface area contributed by atoms with E-state index in [2.05, 4.69) is 15.6 Å². The fourth-order valence-corrected chi connectivity index (χ4v) is 1.99. The van der Waals surface area contributed by atoms with Crippen molar-refractivity contribution >= 4 is 18.1 Å². The van der Waals surface area contributed by atoms with Crippen molar-refractivity contribution in [3.8, 4) is 5.75 Å². The number of aryl methyl sites for hydroxylation is 3. The summed E-state index contributed by atoms with van der Waals surface area (Å²) in [5.41, 5.74) is 4.76. The number of nitrogens with one attached hydrogen (secondary N) is 2. The predicted octanol–water partition coefficient (Wildman–Crippen LogP) is 2.02. The normalized spacial score (nSPS) is 10.3. The second kappa shape index (κ2) is 5.87. The van der Waals surface area contributed by atoms with Crippen molar-refractivity contribution in [3.63, 3.8) is 0 Å². The molecule has 20 heavy (non-hydrogen) atoms. The van der Waals surface area contributed by atoms with Crippen LogP contribution < -0.4 is 10.2 Å². The third kappa shape index (κ3) is 3.24. The van der Waals surface area contributed by atoms with Gasteiger partial charge >= 0.3 is 0 Å². The van der Waals surface area contributed by atoms with Gasteiger partial charge in [-0.15, -0.1) is 0 Å². The Morgan fingerprint density at radius 3 is 2.80 bits per heavy atom. The Morgan fingerprint density at radius 1 is 1.45 bits per heavy atom. The number of rotatable bonds is 4. The highest BCUT2D eigenvalue weighted by Gasteiger charge is 2.08. The van der Waals surface area contributed by atoms with Crippen LogP contribution in [-0.2, 0) is 4.79 Å². The van der Waals surface area contributed by atoms with Crippen LogP contribution in [0.25, 0.3) is 0 Å². The van der Waals surface area contributed by atoms with Crippen molar-refractivity contribution in [1.82, 2.24) is 14.9 Å². The van der Waals surface area contributed by atoms with E-state index >= 15 is 0 Å². The minimum atomic E-state index is -0.300. The average Bonchev–Trinajstić information content (AvgIpc) is 2.69. The standard InChI is InChI=1S/C13H16N4O2S/c1-8-4-5-11(9(2)6-8)19-7-12(18)16-17-10(3)14-15-13(17)20/h4-6H,7H2,1-3H3,(H,15,20)(H,16,18). The topological polar surface area (TPSA) is 71.9 Å². The lowest BCUT2D eigenvalue weighted by molar-refractivity contribution is -0.119. The maximum absolute atomic E-state index is 11.8. The van der Waals surface area contributed by atoms with Crippen molar-refractivity contribution in [3.05, 3.63) is 39.9 Å². The molecular weight excluding hydrogens is 276 g/mol. The number of ether oxygens (including phenoxy) is 1. The molecule has 0 saturated heterocycles. The van der Waals surface area contributed by atoms with E-state index in [0.29, 0.717) is 16.3 Å². The highest BCUT2D eigenvalue weighted by atomic mass is 32.1. The van der Waals surface area contributed by atoms with Crippen LogP contribution in [0.4, 0.5) is 0 Å². The molecule has 0 aliphatic rings. The first-order valence-electron chi connectivity index (χ1n) is 6.11. The van der Waals surface area contributed by atoms with Crippen LogP contribution in [0.2, 0.25) is 0 Å². The molecule has 2 N–H and O–H groups in total. The Labute approximate surface area is 121 Å². The molecule has 106 valence electrons. The Balaban J connectivity index is 1.97. The number of amides is 1. The second-order valence-corrected chi connectivity index (χ2v) is 4.89. The number of hydrogen-bond acceptors (Lipinski definition) is 4. The largest absolute Gasteiger partial charge is 0.483 e. The first-order chi connectivity index (χ1) is 9.47. The molecule has 0 aliphatic heterocycles. The maximum Gasteiger partial charge on any atom is 0.276 e. The fourth-order valence-electron chi connectivity index (χ4n) is 1.77. The number of carbonyl (C=O) groups is 1. The van der Waals surface area contributed by atoms with Gasteiger partial charge in [-0.05, 0) is 44.6 Å². The average molecular weight is 292 g/mol. The Bertz CT molecular complexity index is 690. The summed E-state index contributed by atoms with van der Waals surface area (Å²) in [4.78, 5) is 11.8. The van der Waals surface area contributed by atoms with E-state index < -0.39 is 0 Å². The van der Waals surface area contributed by atoms with E-state index in [0.717, 1.165) is 11.1 Å². The lowest BCUT2D eigenvalue weighted by Crippen LogP contribution is -2.28. The first-order valence-corrected chi connectivity index (χ1v) is 6.52. The number of nitrogens with zero attached hydrogens (tertiary/aromatic N) is 2. The lowest BCUT2D eigenvalue weighted by atomic mass is 10.1. The van der Waals surface area contributed by atoms with Crippen molar-refractivity contribution in [2.75, 3.05) is 12.0 Å². The molecule has 0 fully saturated rings. The fraction of sp³-hybridized carbons (Fsp3) is 0.308. The Kier molecular flexibility index (Phi) is 4.19. The molecule has 0 unspecified atom stereocenters. The molecule has 0 spiro atoms. The lowest BCUT2D eigenvalue weighted by Gasteiger charge is -2.10. The third-order valence-corrected chi connectivity index (χ3v) is 3.04. The Hall–Kier alpha value is -2.15. The molecule has 1 aromatic heterocycles. The maximum atomic E-state index is 11.8. The molecule has 0 aliphatic carbocycles. The molecule has 6 nitrogen and oxygen atoms in total. The van der Waals surface area contributed by atoms with Crippen molar-refractivity contribution in [2.24, 2.45) is 0 Å². The number of H-pyrrole nitrogens is 1. The summed E-state index contributed by atoms with van der Waals surface area (Å²) in [7, 11) is 0. The van der Waals surface area contributed by atoms with Gasteiger partial charge in [-0.2, -0.15) is 5.10 Å². The summed E-state index contributed by atoms with van der Waals surface area (Å²) in [5, 5.41) is 6.49. The molecule has 1 aromatic carbocycles. The van der Waals surface area contributed by atoms with E-state index in [-0.39, 0.29) is 12.5 Å². The zero-order chi connectivity index (χ0) is 14.7. The first kappa shape index (κ1) is 14.3. The quantitative estimate of drug-likeness (QED) is 0.846. The zero-order valence-electron chi connectivity index (χ0n) is 11.6. The van der Waals surface area contributed by atoms with Crippen LogP contribution in [0.15, 0.2) is 18.2 Å². The van der Waals surface area contributed by atoms with Crippen LogP contribution in [0, 0.1) is 25.5 Å². The molecule has 2 rings (SSSR count). The van der Waals surface area contributed by atoms with Gasteiger partial charge < -0.3 is 4.74 Å². The summed E-state index contributed by atoms with van der Waals surface area (Å²) in [6.07, 6.45) is 0. The van der Waals surface area contributed by atoms with Crippen LogP contribution in [0.5, 0.6) is 5.75 Å². The van der Waals surface area contributed by atoms with Crippen LogP contribution in [0.3, 0.4) is 0 Å². The van der Waals surface area contributed by atoms with Crippen LogP contribution in [-0.4, -0.2) is 27.4 Å². The minimum absolute atomic E-state index is 0.0870. The van der Waals surface area contributed by atoms with Gasteiger partial charge in [0.15, 0.2) is 6.61 Å². The number of aromatic amines is 1. The van der Waals surface area contributed by atoms with E-state index in [9.17, 15) is 4.79 Å². The van der Waals surface area contributed by atoms with Crippen LogP contribution >= 0.6 is 12.2 Å². The van der Waals surface area contributed by atoms with Crippen molar-refractivity contribution in [2.45, 2.75) is 20.8 Å². The molecule has 1 amide bonds. The number of hydrogen-bond donors (Lipinski definition) is 2. The molecule has 0 bridgehead atoms.